The first-order chi connectivity index (χ1) is 17.5. The molecule has 1 aromatic carbocycles. The molecule has 2 aliphatic carbocycles. The minimum absolute atomic E-state index is 0.0570. The van der Waals surface area contributed by atoms with E-state index in [4.69, 9.17) is 4.84 Å². The van der Waals surface area contributed by atoms with E-state index in [0.29, 0.717) is 16.7 Å². The van der Waals surface area contributed by atoms with Crippen LogP contribution in [0.2, 0.25) is 0 Å². The van der Waals surface area contributed by atoms with Gasteiger partial charge in [-0.05, 0) is 56.2 Å². The van der Waals surface area contributed by atoms with Crippen LogP contribution in [0.25, 0.3) is 11.0 Å². The molecule has 182 valence electrons. The Kier molecular flexibility index (Phi) is 6.43. The first-order valence-corrected chi connectivity index (χ1v) is 12.4. The third-order valence-electron chi connectivity index (χ3n) is 7.32. The van der Waals surface area contributed by atoms with Crippen LogP contribution in [0.3, 0.4) is 0 Å². The number of rotatable bonds is 6. The molecule has 8 heteroatoms. The Bertz CT molecular complexity index is 1450. The van der Waals surface area contributed by atoms with E-state index >= 15 is 0 Å². The van der Waals surface area contributed by atoms with Crippen LogP contribution in [0.15, 0.2) is 52.4 Å². The summed E-state index contributed by atoms with van der Waals surface area (Å²) in [5.74, 6) is 0.273. The van der Waals surface area contributed by atoms with Gasteiger partial charge < -0.3 is 14.3 Å². The number of hydrogen-bond acceptors (Lipinski definition) is 7. The van der Waals surface area contributed by atoms with Crippen molar-refractivity contribution in [2.45, 2.75) is 50.7 Å². The van der Waals surface area contributed by atoms with E-state index in [-0.39, 0.29) is 34.9 Å². The molecule has 3 aromatic rings. The third-order valence-corrected chi connectivity index (χ3v) is 7.32. The number of hydrogen-bond donors (Lipinski definition) is 0. The molecule has 0 atom stereocenters. The molecule has 0 amide bonds. The number of pyridine rings is 2. The average Bonchev–Trinajstić information content (AvgIpc) is 3.75. The van der Waals surface area contributed by atoms with Crippen LogP contribution in [-0.4, -0.2) is 34.5 Å². The summed E-state index contributed by atoms with van der Waals surface area (Å²) in [4.78, 5) is 25.3. The molecule has 5 rings (SSSR count). The second-order valence-electron chi connectivity index (χ2n) is 9.64. The van der Waals surface area contributed by atoms with Gasteiger partial charge in [0.1, 0.15) is 35.0 Å². The molecule has 36 heavy (non-hydrogen) atoms. The van der Waals surface area contributed by atoms with Crippen LogP contribution in [0, 0.1) is 28.6 Å². The zero-order valence-corrected chi connectivity index (χ0v) is 20.5. The van der Waals surface area contributed by atoms with Crippen LogP contribution in [0.5, 0.6) is 0 Å². The Balaban J connectivity index is 1.44. The largest absolute Gasteiger partial charge is 0.392 e. The van der Waals surface area contributed by atoms with Crippen molar-refractivity contribution in [3.63, 3.8) is 0 Å². The van der Waals surface area contributed by atoms with Crippen molar-refractivity contribution < 1.29 is 4.84 Å². The standard InChI is InChI=1S/C28H28N6O2/c1-33(27-23(17-30)28(35)34(2)24-15-10-20(16-29)31-26(24)27)21-11-8-19(9-12-21)25(32-36-22-13-14-22)18-6-4-3-5-7-18/h3-7,10,15,19,21-22H,8-9,11-14H2,1-2H3/b32-25+/t19-,21-. The lowest BCUT2D eigenvalue weighted by atomic mass is 9.80. The molecule has 0 bridgehead atoms. The molecule has 0 unspecified atom stereocenters. The van der Waals surface area contributed by atoms with E-state index in [1.54, 1.807) is 19.2 Å². The van der Waals surface area contributed by atoms with E-state index in [9.17, 15) is 15.3 Å². The molecule has 2 heterocycles. The summed E-state index contributed by atoms with van der Waals surface area (Å²) in [7, 11) is 3.55. The molecule has 2 aliphatic rings. The average molecular weight is 481 g/mol. The van der Waals surface area contributed by atoms with Crippen molar-refractivity contribution in [3.05, 3.63) is 69.6 Å². The molecule has 2 fully saturated rings. The lowest BCUT2D eigenvalue weighted by Crippen LogP contribution is -2.38. The summed E-state index contributed by atoms with van der Waals surface area (Å²) in [5.41, 5.74) is 3.65. The zero-order valence-electron chi connectivity index (χ0n) is 20.5. The van der Waals surface area contributed by atoms with E-state index in [2.05, 4.69) is 34.4 Å². The van der Waals surface area contributed by atoms with Crippen molar-refractivity contribution in [2.24, 2.45) is 18.1 Å². The van der Waals surface area contributed by atoms with E-state index < -0.39 is 0 Å². The van der Waals surface area contributed by atoms with Gasteiger partial charge in [0.05, 0.1) is 16.9 Å². The van der Waals surface area contributed by atoms with Crippen LogP contribution < -0.4 is 10.5 Å². The highest BCUT2D eigenvalue weighted by Crippen LogP contribution is 2.35. The fourth-order valence-corrected chi connectivity index (χ4v) is 5.10. The van der Waals surface area contributed by atoms with Gasteiger partial charge in [0, 0.05) is 26.1 Å². The molecule has 0 spiro atoms. The molecule has 0 radical (unpaired) electrons. The highest BCUT2D eigenvalue weighted by molar-refractivity contribution is 6.02. The minimum atomic E-state index is -0.359. The van der Waals surface area contributed by atoms with Crippen molar-refractivity contribution >= 4 is 22.4 Å². The molecule has 0 aliphatic heterocycles. The number of benzene rings is 1. The van der Waals surface area contributed by atoms with Gasteiger partial charge in [-0.15, -0.1) is 0 Å². The van der Waals surface area contributed by atoms with Gasteiger partial charge in [0.2, 0.25) is 0 Å². The Labute approximate surface area is 210 Å². The van der Waals surface area contributed by atoms with E-state index in [1.165, 1.54) is 4.57 Å². The molecule has 8 nitrogen and oxygen atoms in total. The first kappa shape index (κ1) is 23.6. The van der Waals surface area contributed by atoms with Crippen molar-refractivity contribution in [2.75, 3.05) is 11.9 Å². The van der Waals surface area contributed by atoms with Gasteiger partial charge in [-0.3, -0.25) is 4.79 Å². The number of anilines is 1. The van der Waals surface area contributed by atoms with Gasteiger partial charge in [0.15, 0.2) is 0 Å². The Hall–Kier alpha value is -4.17. The molecular formula is C28H28N6O2. The van der Waals surface area contributed by atoms with Crippen LogP contribution in [0.1, 0.15) is 55.3 Å². The topological polar surface area (TPSA) is 107 Å². The number of fused-ring (bicyclic) bond motifs is 1. The number of nitriles is 2. The summed E-state index contributed by atoms with van der Waals surface area (Å²) in [6.07, 6.45) is 5.95. The molecule has 0 N–H and O–H groups in total. The van der Waals surface area contributed by atoms with Gasteiger partial charge in [-0.2, -0.15) is 10.5 Å². The lowest BCUT2D eigenvalue weighted by molar-refractivity contribution is 0.127. The SMILES string of the molecule is Cn1c(=O)c(C#N)c(N(C)[C@H]2CC[C@H](/C(=N/OC3CC3)c3ccccc3)CC2)c2nc(C#N)ccc21. The van der Waals surface area contributed by atoms with Crippen molar-refractivity contribution in [1.29, 1.82) is 10.5 Å². The molecule has 2 aromatic heterocycles. The molecular weight excluding hydrogens is 452 g/mol. The number of nitrogens with zero attached hydrogens (tertiary/aromatic N) is 6. The predicted octanol–water partition coefficient (Wildman–Crippen LogP) is 4.26. The zero-order chi connectivity index (χ0) is 25.2. The maximum atomic E-state index is 13.0. The van der Waals surface area contributed by atoms with Gasteiger partial charge in [-0.25, -0.2) is 4.98 Å². The summed E-state index contributed by atoms with van der Waals surface area (Å²) in [6.45, 7) is 0. The lowest BCUT2D eigenvalue weighted by Gasteiger charge is -2.37. The Morgan fingerprint density at radius 1 is 1.06 bits per heavy atom. The monoisotopic (exact) mass is 480 g/mol. The van der Waals surface area contributed by atoms with E-state index in [0.717, 1.165) is 49.8 Å². The quantitative estimate of drug-likeness (QED) is 0.385. The summed E-state index contributed by atoms with van der Waals surface area (Å²) in [5, 5.41) is 23.9. The third kappa shape index (κ3) is 4.43. The normalized spacial score (nSPS) is 19.9. The number of aryl methyl sites for hydroxylation is 1. The van der Waals surface area contributed by atoms with Gasteiger partial charge in [-0.1, -0.05) is 35.5 Å². The summed E-state index contributed by atoms with van der Waals surface area (Å²) >= 11 is 0. The van der Waals surface area contributed by atoms with Crippen LogP contribution in [0.4, 0.5) is 5.69 Å². The number of aromatic nitrogens is 2. The second kappa shape index (κ2) is 9.83. The smallest absolute Gasteiger partial charge is 0.270 e. The van der Waals surface area contributed by atoms with Crippen molar-refractivity contribution in [1.82, 2.24) is 9.55 Å². The van der Waals surface area contributed by atoms with Crippen LogP contribution >= 0.6 is 0 Å². The van der Waals surface area contributed by atoms with Gasteiger partial charge in [0.25, 0.3) is 5.56 Å². The van der Waals surface area contributed by atoms with Crippen molar-refractivity contribution in [3.8, 4) is 12.1 Å². The number of oxime groups is 1. The van der Waals surface area contributed by atoms with Gasteiger partial charge >= 0.3 is 0 Å². The van der Waals surface area contributed by atoms with Crippen LogP contribution in [-0.2, 0) is 11.9 Å². The molecule has 2 saturated carbocycles. The minimum Gasteiger partial charge on any atom is -0.392 e. The maximum absolute atomic E-state index is 13.0. The maximum Gasteiger partial charge on any atom is 0.270 e. The summed E-state index contributed by atoms with van der Waals surface area (Å²) in [6, 6.07) is 17.8. The first-order valence-electron chi connectivity index (χ1n) is 12.4. The highest BCUT2D eigenvalue weighted by Gasteiger charge is 2.32. The fourth-order valence-electron chi connectivity index (χ4n) is 5.10. The fraction of sp³-hybridized carbons (Fsp3) is 0.393. The Morgan fingerprint density at radius 2 is 1.78 bits per heavy atom. The predicted molar refractivity (Wildman–Crippen MR) is 138 cm³/mol. The second-order valence-corrected chi connectivity index (χ2v) is 9.64. The van der Waals surface area contributed by atoms with E-state index in [1.807, 2.05) is 30.1 Å². The molecule has 0 saturated heterocycles. The Morgan fingerprint density at radius 3 is 2.42 bits per heavy atom. The summed E-state index contributed by atoms with van der Waals surface area (Å²) < 4.78 is 1.43. The highest BCUT2D eigenvalue weighted by atomic mass is 16.6.